The summed E-state index contributed by atoms with van der Waals surface area (Å²) >= 11 is 0. The molecule has 2 N–H and O–H groups in total. The second-order valence-corrected chi connectivity index (χ2v) is 11.1. The first-order valence-corrected chi connectivity index (χ1v) is 13.3. The fourth-order valence-corrected chi connectivity index (χ4v) is 5.08. The Balaban J connectivity index is 1.81. The van der Waals surface area contributed by atoms with E-state index < -0.39 is 47.4 Å². The van der Waals surface area contributed by atoms with Crippen LogP contribution in [-0.2, 0) is 33.4 Å². The van der Waals surface area contributed by atoms with Gasteiger partial charge in [-0.2, -0.15) is 0 Å². The molecule has 1 saturated carbocycles. The molecule has 0 aromatic heterocycles. The molecule has 1 aliphatic heterocycles. The minimum atomic E-state index is -1.19. The molecule has 216 valence electrons. The van der Waals surface area contributed by atoms with Crippen molar-refractivity contribution in [1.82, 2.24) is 5.32 Å². The van der Waals surface area contributed by atoms with E-state index in [1.807, 2.05) is 0 Å². The van der Waals surface area contributed by atoms with Crippen molar-refractivity contribution in [3.8, 4) is 5.75 Å². The Morgan fingerprint density at radius 2 is 1.87 bits per heavy atom. The van der Waals surface area contributed by atoms with Crippen molar-refractivity contribution in [3.05, 3.63) is 24.3 Å². The van der Waals surface area contributed by atoms with Gasteiger partial charge in [-0.3, -0.25) is 24.1 Å². The number of hydrogen-bond donors (Lipinski definition) is 2. The predicted octanol–water partition coefficient (Wildman–Crippen LogP) is 2.55. The third kappa shape index (κ3) is 8.15. The van der Waals surface area contributed by atoms with Gasteiger partial charge in [0.1, 0.15) is 30.5 Å². The van der Waals surface area contributed by atoms with Crippen LogP contribution in [0.5, 0.6) is 5.75 Å². The molecular weight excluding hydrogens is 508 g/mol. The van der Waals surface area contributed by atoms with E-state index >= 15 is 0 Å². The van der Waals surface area contributed by atoms with Gasteiger partial charge >= 0.3 is 11.9 Å². The molecule has 11 heteroatoms. The zero-order chi connectivity index (χ0) is 28.6. The zero-order valence-corrected chi connectivity index (χ0v) is 23.2. The largest absolute Gasteiger partial charge is 0.489 e. The SMILES string of the molecule is COCCOC[C@H](CC1(C(=O)N[C@H]2COc3ccccc3N(CC(=O)O)C2=O)CCCC1)C(=O)OC(C)(C)C. The number of carbonyl (C=O) groups excluding carboxylic acids is 3. The van der Waals surface area contributed by atoms with Gasteiger partial charge in [-0.25, -0.2) is 0 Å². The van der Waals surface area contributed by atoms with E-state index in [1.165, 1.54) is 0 Å². The molecule has 3 rings (SSSR count). The maximum Gasteiger partial charge on any atom is 0.323 e. The number of carbonyl (C=O) groups is 4. The van der Waals surface area contributed by atoms with Gasteiger partial charge < -0.3 is 29.4 Å². The molecule has 2 aliphatic rings. The van der Waals surface area contributed by atoms with Crippen LogP contribution in [-0.4, -0.2) is 80.6 Å². The van der Waals surface area contributed by atoms with Crippen LogP contribution in [0.25, 0.3) is 0 Å². The van der Waals surface area contributed by atoms with Crippen molar-refractivity contribution in [1.29, 1.82) is 0 Å². The summed E-state index contributed by atoms with van der Waals surface area (Å²) < 4.78 is 22.2. The first-order valence-electron chi connectivity index (χ1n) is 13.3. The van der Waals surface area contributed by atoms with Crippen LogP contribution in [0.3, 0.4) is 0 Å². The van der Waals surface area contributed by atoms with Crippen molar-refractivity contribution < 1.29 is 43.2 Å². The Morgan fingerprint density at radius 3 is 2.51 bits per heavy atom. The normalized spacial score (nSPS) is 19.4. The summed E-state index contributed by atoms with van der Waals surface area (Å²) in [4.78, 5) is 53.1. The van der Waals surface area contributed by atoms with Crippen LogP contribution in [0.2, 0.25) is 0 Å². The number of fused-ring (bicyclic) bond motifs is 1. The monoisotopic (exact) mass is 548 g/mol. The molecule has 1 heterocycles. The van der Waals surface area contributed by atoms with Crippen molar-refractivity contribution >= 4 is 29.4 Å². The Bertz CT molecular complexity index is 1030. The molecule has 0 spiro atoms. The Labute approximate surface area is 229 Å². The van der Waals surface area contributed by atoms with Gasteiger partial charge in [-0.05, 0) is 52.2 Å². The molecule has 1 fully saturated rings. The van der Waals surface area contributed by atoms with Gasteiger partial charge in [-0.15, -0.1) is 0 Å². The van der Waals surface area contributed by atoms with Crippen LogP contribution in [0.1, 0.15) is 52.9 Å². The molecule has 2 amide bonds. The molecule has 1 aromatic carbocycles. The lowest BCUT2D eigenvalue weighted by Crippen LogP contribution is -2.55. The van der Waals surface area contributed by atoms with E-state index in [1.54, 1.807) is 52.1 Å². The molecule has 39 heavy (non-hydrogen) atoms. The number of hydrogen-bond acceptors (Lipinski definition) is 8. The summed E-state index contributed by atoms with van der Waals surface area (Å²) in [5.74, 6) is -2.91. The number of benzene rings is 1. The number of rotatable bonds is 12. The first-order chi connectivity index (χ1) is 18.5. The summed E-state index contributed by atoms with van der Waals surface area (Å²) in [5.41, 5.74) is -1.29. The molecule has 1 aromatic rings. The van der Waals surface area contributed by atoms with Gasteiger partial charge in [0.2, 0.25) is 5.91 Å². The molecular formula is C28H40N2O9. The summed E-state index contributed by atoms with van der Waals surface area (Å²) in [5, 5.41) is 12.3. The highest BCUT2D eigenvalue weighted by molar-refractivity contribution is 6.04. The topological polar surface area (TPSA) is 141 Å². The highest BCUT2D eigenvalue weighted by Gasteiger charge is 2.46. The maximum absolute atomic E-state index is 13.8. The fourth-order valence-electron chi connectivity index (χ4n) is 5.08. The number of carboxylic acid groups (broad SMARTS) is 1. The maximum atomic E-state index is 13.8. The average molecular weight is 549 g/mol. The number of nitrogens with one attached hydrogen (secondary N) is 1. The third-order valence-corrected chi connectivity index (χ3v) is 6.89. The fraction of sp³-hybridized carbons (Fsp3) is 0.643. The lowest BCUT2D eigenvalue weighted by atomic mass is 9.76. The zero-order valence-electron chi connectivity index (χ0n) is 23.2. The van der Waals surface area contributed by atoms with Gasteiger partial charge in [0.05, 0.1) is 36.8 Å². The number of ether oxygens (including phenoxy) is 4. The van der Waals surface area contributed by atoms with Gasteiger partial charge in [-0.1, -0.05) is 25.0 Å². The number of aliphatic carboxylic acids is 1. The minimum absolute atomic E-state index is 0.0699. The summed E-state index contributed by atoms with van der Waals surface area (Å²) in [6, 6.07) is 5.56. The van der Waals surface area contributed by atoms with E-state index in [-0.39, 0.29) is 25.5 Å². The number of anilines is 1. The Morgan fingerprint density at radius 1 is 1.18 bits per heavy atom. The van der Waals surface area contributed by atoms with Crippen molar-refractivity contribution in [3.63, 3.8) is 0 Å². The highest BCUT2D eigenvalue weighted by Crippen LogP contribution is 2.44. The number of amides is 2. The first kappa shape index (κ1) is 30.4. The van der Waals surface area contributed by atoms with E-state index in [0.29, 0.717) is 37.5 Å². The van der Waals surface area contributed by atoms with Crippen molar-refractivity contribution in [2.45, 2.75) is 64.5 Å². The second kappa shape index (κ2) is 13.3. The molecule has 0 saturated heterocycles. The van der Waals surface area contributed by atoms with Crippen molar-refractivity contribution in [2.24, 2.45) is 11.3 Å². The van der Waals surface area contributed by atoms with Crippen LogP contribution >= 0.6 is 0 Å². The van der Waals surface area contributed by atoms with E-state index in [0.717, 1.165) is 17.7 Å². The number of carboxylic acids is 1. The number of para-hydroxylation sites is 2. The number of methoxy groups -OCH3 is 1. The van der Waals surface area contributed by atoms with Crippen molar-refractivity contribution in [2.75, 3.05) is 45.0 Å². The minimum Gasteiger partial charge on any atom is -0.489 e. The van der Waals surface area contributed by atoms with Gasteiger partial charge in [0.15, 0.2) is 0 Å². The Kier molecular flexibility index (Phi) is 10.3. The third-order valence-electron chi connectivity index (χ3n) is 6.89. The lowest BCUT2D eigenvalue weighted by Gasteiger charge is -2.33. The molecule has 2 atom stereocenters. The Hall–Kier alpha value is -3.18. The smallest absolute Gasteiger partial charge is 0.323 e. The molecule has 11 nitrogen and oxygen atoms in total. The van der Waals surface area contributed by atoms with E-state index in [4.69, 9.17) is 18.9 Å². The van der Waals surface area contributed by atoms with E-state index in [2.05, 4.69) is 5.32 Å². The molecule has 0 bridgehead atoms. The van der Waals surface area contributed by atoms with Gasteiger partial charge in [0, 0.05) is 7.11 Å². The number of esters is 1. The average Bonchev–Trinajstić information content (AvgIpc) is 3.31. The highest BCUT2D eigenvalue weighted by atomic mass is 16.6. The van der Waals surface area contributed by atoms with E-state index in [9.17, 15) is 24.3 Å². The van der Waals surface area contributed by atoms with Crippen LogP contribution in [0, 0.1) is 11.3 Å². The summed E-state index contributed by atoms with van der Waals surface area (Å²) in [6.07, 6.45) is 2.87. The van der Waals surface area contributed by atoms with Crippen LogP contribution in [0.4, 0.5) is 5.69 Å². The summed E-state index contributed by atoms with van der Waals surface area (Å²) in [7, 11) is 1.56. The lowest BCUT2D eigenvalue weighted by molar-refractivity contribution is -0.164. The molecule has 1 aliphatic carbocycles. The van der Waals surface area contributed by atoms with Gasteiger partial charge in [0.25, 0.3) is 5.91 Å². The van der Waals surface area contributed by atoms with Crippen LogP contribution in [0.15, 0.2) is 24.3 Å². The molecule has 0 unspecified atom stereocenters. The summed E-state index contributed by atoms with van der Waals surface area (Å²) in [6.45, 7) is 5.35. The second-order valence-electron chi connectivity index (χ2n) is 11.1. The standard InChI is InChI=1S/C28H40N2O9/c1-27(2,3)39-25(34)19(17-37-14-13-36-4)15-28(11-7-8-12-28)26(35)29-20-18-38-22-10-6-5-9-21(22)30(24(20)33)16-23(31)32/h5-6,9-10,19-20H,7-8,11-18H2,1-4H3,(H,29,35)(H,31,32)/t19-,20-/m0/s1. The number of nitrogens with zero attached hydrogens (tertiary/aromatic N) is 1. The predicted molar refractivity (Wildman–Crippen MR) is 141 cm³/mol. The molecule has 0 radical (unpaired) electrons. The van der Waals surface area contributed by atoms with Crippen LogP contribution < -0.4 is 15.0 Å². The quantitative estimate of drug-likeness (QED) is 0.298.